The largest absolute Gasteiger partial charge is 0.371 e. The minimum atomic E-state index is -0.860. The van der Waals surface area contributed by atoms with Crippen molar-refractivity contribution in [1.82, 2.24) is 15.1 Å². The Bertz CT molecular complexity index is 969. The highest BCUT2D eigenvalue weighted by molar-refractivity contribution is 6.33. The minimum Gasteiger partial charge on any atom is -0.360 e. The van der Waals surface area contributed by atoms with Crippen molar-refractivity contribution in [3.8, 4) is 11.3 Å². The molecule has 0 aliphatic heterocycles. The van der Waals surface area contributed by atoms with Gasteiger partial charge < -0.3 is 9.36 Å². The summed E-state index contributed by atoms with van der Waals surface area (Å²) in [4.78, 5) is 25.3. The van der Waals surface area contributed by atoms with Crippen LogP contribution in [-0.4, -0.2) is 26.8 Å². The molecule has 0 fully saturated rings. The molecular weight excluding hydrogens is 363 g/mol. The van der Waals surface area contributed by atoms with Crippen LogP contribution in [0, 0.1) is 12.7 Å². The molecule has 9 heteroatoms. The minimum absolute atomic E-state index is 0.0485. The molecule has 1 aromatic carbocycles. The van der Waals surface area contributed by atoms with Crippen LogP contribution < -0.4 is 0 Å². The molecule has 0 amide bonds. The second-order valence-electron chi connectivity index (χ2n) is 5.21. The molecule has 0 aliphatic carbocycles. The van der Waals surface area contributed by atoms with E-state index >= 15 is 0 Å². The van der Waals surface area contributed by atoms with Crippen molar-refractivity contribution >= 4 is 23.3 Å². The predicted molar refractivity (Wildman–Crippen MR) is 91.3 cm³/mol. The molecule has 0 spiro atoms. The van der Waals surface area contributed by atoms with E-state index in [4.69, 9.17) is 21.0 Å². The Balaban J connectivity index is 1.93. The normalized spacial score (nSPS) is 11.5. The van der Waals surface area contributed by atoms with E-state index < -0.39 is 11.8 Å². The number of oxime groups is 1. The van der Waals surface area contributed by atoms with E-state index in [1.54, 1.807) is 6.92 Å². The fourth-order valence-electron chi connectivity index (χ4n) is 2.20. The quantitative estimate of drug-likeness (QED) is 0.392. The van der Waals surface area contributed by atoms with Crippen LogP contribution in [0.3, 0.4) is 0 Å². The first-order valence-electron chi connectivity index (χ1n) is 7.42. The third kappa shape index (κ3) is 3.45. The lowest BCUT2D eigenvalue weighted by Gasteiger charge is -2.04. The van der Waals surface area contributed by atoms with Gasteiger partial charge in [-0.3, -0.25) is 9.97 Å². The van der Waals surface area contributed by atoms with E-state index in [0.717, 1.165) is 0 Å². The Morgan fingerprint density at radius 2 is 2.15 bits per heavy atom. The molecular formula is C17H12ClFN4O3. The van der Waals surface area contributed by atoms with Gasteiger partial charge >= 0.3 is 5.97 Å². The number of hydrogen-bond donors (Lipinski definition) is 0. The zero-order valence-electron chi connectivity index (χ0n) is 13.7. The summed E-state index contributed by atoms with van der Waals surface area (Å²) in [5, 5.41) is 7.57. The molecule has 0 radical (unpaired) electrons. The number of halogens is 2. The molecule has 0 N–H and O–H groups in total. The number of carbonyl (C=O) groups excluding carboxylic acids is 1. The molecule has 2 heterocycles. The third-order valence-corrected chi connectivity index (χ3v) is 3.78. The van der Waals surface area contributed by atoms with Crippen LogP contribution >= 0.6 is 11.6 Å². The standard InChI is InChI=1S/C17H12ClFN4O3/c1-9(13-8-20-6-7-21-13)22-26-17(24)14-10(2)25-23-16(14)15-11(18)4-3-5-12(15)19/h3-8H,1-2H3/b22-9+. The predicted octanol–water partition coefficient (Wildman–Crippen LogP) is 3.81. The van der Waals surface area contributed by atoms with E-state index in [1.165, 1.54) is 43.7 Å². The van der Waals surface area contributed by atoms with Crippen molar-refractivity contribution in [2.45, 2.75) is 13.8 Å². The summed E-state index contributed by atoms with van der Waals surface area (Å²) in [7, 11) is 0. The van der Waals surface area contributed by atoms with Gasteiger partial charge in [-0.15, -0.1) is 0 Å². The van der Waals surface area contributed by atoms with Crippen LogP contribution in [0.5, 0.6) is 0 Å². The number of aryl methyl sites for hydroxylation is 1. The fourth-order valence-corrected chi connectivity index (χ4v) is 2.45. The first kappa shape index (κ1) is 17.7. The second kappa shape index (κ2) is 7.40. The van der Waals surface area contributed by atoms with Crippen LogP contribution in [-0.2, 0) is 4.84 Å². The Hall–Kier alpha value is -3.13. The van der Waals surface area contributed by atoms with Gasteiger partial charge in [0.1, 0.15) is 34.2 Å². The Kier molecular flexibility index (Phi) is 5.04. The molecule has 3 aromatic rings. The van der Waals surface area contributed by atoms with Gasteiger partial charge in [0, 0.05) is 12.4 Å². The molecule has 2 aromatic heterocycles. The van der Waals surface area contributed by atoms with Crippen LogP contribution in [0.2, 0.25) is 5.02 Å². The monoisotopic (exact) mass is 374 g/mol. The van der Waals surface area contributed by atoms with Crippen molar-refractivity contribution in [3.63, 3.8) is 0 Å². The Morgan fingerprint density at radius 1 is 1.35 bits per heavy atom. The lowest BCUT2D eigenvalue weighted by atomic mass is 10.1. The van der Waals surface area contributed by atoms with E-state index in [0.29, 0.717) is 11.4 Å². The number of hydrogen-bond acceptors (Lipinski definition) is 7. The van der Waals surface area contributed by atoms with Crippen LogP contribution in [0.1, 0.15) is 28.7 Å². The summed E-state index contributed by atoms with van der Waals surface area (Å²) in [6.07, 6.45) is 4.47. The van der Waals surface area contributed by atoms with Gasteiger partial charge in [0.05, 0.1) is 16.8 Å². The number of nitrogens with zero attached hydrogens (tertiary/aromatic N) is 4. The van der Waals surface area contributed by atoms with Crippen LogP contribution in [0.15, 0.2) is 46.5 Å². The van der Waals surface area contributed by atoms with Gasteiger partial charge in [-0.1, -0.05) is 28.0 Å². The van der Waals surface area contributed by atoms with Crippen LogP contribution in [0.4, 0.5) is 4.39 Å². The van der Waals surface area contributed by atoms with Crippen LogP contribution in [0.25, 0.3) is 11.3 Å². The van der Waals surface area contributed by atoms with Crippen molar-refractivity contribution in [2.24, 2.45) is 5.16 Å². The first-order valence-corrected chi connectivity index (χ1v) is 7.79. The molecule has 0 bridgehead atoms. The number of carbonyl (C=O) groups is 1. The molecule has 0 atom stereocenters. The van der Waals surface area contributed by atoms with E-state index in [-0.39, 0.29) is 27.6 Å². The van der Waals surface area contributed by atoms with Gasteiger partial charge in [-0.05, 0) is 26.0 Å². The molecule has 7 nitrogen and oxygen atoms in total. The van der Waals surface area contributed by atoms with Gasteiger partial charge in [0.25, 0.3) is 0 Å². The highest BCUT2D eigenvalue weighted by Gasteiger charge is 2.27. The first-order chi connectivity index (χ1) is 12.5. The summed E-state index contributed by atoms with van der Waals surface area (Å²) in [6, 6.07) is 4.13. The zero-order valence-corrected chi connectivity index (χ0v) is 14.5. The molecule has 0 saturated heterocycles. The smallest absolute Gasteiger partial charge is 0.360 e. The SMILES string of the molecule is C/C(=N\OC(=O)c1c(-c2c(F)cccc2Cl)noc1C)c1cnccn1. The topological polar surface area (TPSA) is 90.5 Å². The number of rotatable bonds is 4. The number of aromatic nitrogens is 3. The molecule has 26 heavy (non-hydrogen) atoms. The molecule has 132 valence electrons. The summed E-state index contributed by atoms with van der Waals surface area (Å²) < 4.78 is 19.2. The van der Waals surface area contributed by atoms with Crippen molar-refractivity contribution in [3.05, 3.63) is 64.6 Å². The second-order valence-corrected chi connectivity index (χ2v) is 5.61. The zero-order chi connectivity index (χ0) is 18.7. The fraction of sp³-hybridized carbons (Fsp3) is 0.118. The molecule has 0 saturated carbocycles. The lowest BCUT2D eigenvalue weighted by Crippen LogP contribution is -2.07. The third-order valence-electron chi connectivity index (χ3n) is 3.47. The van der Waals surface area contributed by atoms with Gasteiger partial charge in [-0.25, -0.2) is 9.18 Å². The maximum atomic E-state index is 14.2. The highest BCUT2D eigenvalue weighted by Crippen LogP contribution is 2.33. The number of benzene rings is 1. The van der Waals surface area contributed by atoms with E-state index in [9.17, 15) is 9.18 Å². The van der Waals surface area contributed by atoms with E-state index in [1.807, 2.05) is 0 Å². The van der Waals surface area contributed by atoms with Gasteiger partial charge in [0.2, 0.25) is 0 Å². The van der Waals surface area contributed by atoms with Gasteiger partial charge in [0.15, 0.2) is 0 Å². The Morgan fingerprint density at radius 3 is 2.85 bits per heavy atom. The highest BCUT2D eigenvalue weighted by atomic mass is 35.5. The summed E-state index contributed by atoms with van der Waals surface area (Å²) in [5.41, 5.74) is 0.619. The average Bonchev–Trinajstić information content (AvgIpc) is 3.01. The van der Waals surface area contributed by atoms with E-state index in [2.05, 4.69) is 20.3 Å². The molecule has 0 unspecified atom stereocenters. The maximum Gasteiger partial charge on any atom is 0.371 e. The molecule has 3 rings (SSSR count). The Labute approximate surface area is 152 Å². The van der Waals surface area contributed by atoms with Gasteiger partial charge in [-0.2, -0.15) is 0 Å². The lowest BCUT2D eigenvalue weighted by molar-refractivity contribution is 0.0515. The van der Waals surface area contributed by atoms with Crippen molar-refractivity contribution in [1.29, 1.82) is 0 Å². The summed E-state index contributed by atoms with van der Waals surface area (Å²) in [6.45, 7) is 3.10. The van der Waals surface area contributed by atoms with Crippen molar-refractivity contribution < 1.29 is 18.5 Å². The van der Waals surface area contributed by atoms with Crippen molar-refractivity contribution in [2.75, 3.05) is 0 Å². The summed E-state index contributed by atoms with van der Waals surface area (Å²) in [5.74, 6) is -1.35. The average molecular weight is 375 g/mol. The maximum absolute atomic E-state index is 14.2. The summed E-state index contributed by atoms with van der Waals surface area (Å²) >= 11 is 6.04. The molecule has 0 aliphatic rings.